The molecule has 0 saturated carbocycles. The molecule has 4 rings (SSSR count). The Morgan fingerprint density at radius 1 is 0.652 bits per heavy atom. The predicted molar refractivity (Wildman–Crippen MR) is 100 cm³/mol. The molecule has 0 saturated heterocycles. The van der Waals surface area contributed by atoms with Gasteiger partial charge in [-0.25, -0.2) is 0 Å². The molecule has 0 bridgehead atoms. The number of allylic oxidation sites excluding steroid dienone is 2. The highest BCUT2D eigenvalue weighted by Gasteiger charge is 2.20. The van der Waals surface area contributed by atoms with Crippen LogP contribution in [0.4, 0.5) is 0 Å². The molecule has 2 aliphatic rings. The Hall–Kier alpha value is -2.08. The van der Waals surface area contributed by atoms with E-state index >= 15 is 0 Å². The third-order valence-corrected chi connectivity index (χ3v) is 5.61. The van der Waals surface area contributed by atoms with Gasteiger partial charge in [-0.2, -0.15) is 0 Å². The molecule has 2 aliphatic carbocycles. The summed E-state index contributed by atoms with van der Waals surface area (Å²) in [6.07, 6.45) is 12.5. The predicted octanol–water partition coefficient (Wildman–Crippen LogP) is 5.65. The van der Waals surface area contributed by atoms with Crippen LogP contribution in [-0.4, -0.2) is 0 Å². The number of rotatable bonds is 2. The minimum Gasteiger partial charge on any atom is -0.0795 e. The van der Waals surface area contributed by atoms with Crippen LogP contribution < -0.4 is 0 Å². The summed E-state index contributed by atoms with van der Waals surface area (Å²) in [5.74, 6) is 0. The fraction of sp³-hybridized carbons (Fsp3) is 0.304. The summed E-state index contributed by atoms with van der Waals surface area (Å²) in [6.45, 7) is 9.04. The second-order valence-electron chi connectivity index (χ2n) is 7.15. The van der Waals surface area contributed by atoms with Crippen molar-refractivity contribution in [2.45, 2.75) is 47.0 Å². The Bertz CT molecular complexity index is 802. The van der Waals surface area contributed by atoms with Crippen molar-refractivity contribution in [2.24, 2.45) is 0 Å². The highest BCUT2D eigenvalue weighted by molar-refractivity contribution is 5.69. The van der Waals surface area contributed by atoms with Crippen molar-refractivity contribution in [2.75, 3.05) is 0 Å². The summed E-state index contributed by atoms with van der Waals surface area (Å²) in [5.41, 5.74) is 14.9. The fourth-order valence-corrected chi connectivity index (χ4v) is 4.45. The molecule has 0 heterocycles. The average molecular weight is 300 g/mol. The maximum Gasteiger partial charge on any atom is -0.00144 e. The van der Waals surface area contributed by atoms with Crippen LogP contribution in [0.3, 0.4) is 0 Å². The van der Waals surface area contributed by atoms with Gasteiger partial charge in [-0.3, -0.25) is 0 Å². The van der Waals surface area contributed by atoms with Gasteiger partial charge in [0, 0.05) is 0 Å². The van der Waals surface area contributed by atoms with Crippen molar-refractivity contribution in [1.29, 1.82) is 0 Å². The van der Waals surface area contributed by atoms with Crippen LogP contribution in [0.15, 0.2) is 24.3 Å². The topological polar surface area (TPSA) is 0 Å². The number of aryl methyl sites for hydroxylation is 4. The van der Waals surface area contributed by atoms with Crippen molar-refractivity contribution in [3.63, 3.8) is 0 Å². The fourth-order valence-electron chi connectivity index (χ4n) is 4.45. The summed E-state index contributed by atoms with van der Waals surface area (Å²) in [4.78, 5) is 0. The molecule has 0 nitrogen and oxygen atoms in total. The Morgan fingerprint density at radius 2 is 1.09 bits per heavy atom. The van der Waals surface area contributed by atoms with Crippen LogP contribution in [0.25, 0.3) is 12.2 Å². The van der Waals surface area contributed by atoms with Crippen LogP contribution in [0.2, 0.25) is 0 Å². The monoisotopic (exact) mass is 300 g/mol. The second kappa shape index (κ2) is 5.23. The molecule has 0 unspecified atom stereocenters. The molecule has 0 amide bonds. The molecule has 0 N–H and O–H groups in total. The molecule has 0 radical (unpaired) electrons. The summed E-state index contributed by atoms with van der Waals surface area (Å²) in [6, 6.07) is 4.73. The van der Waals surface area contributed by atoms with E-state index in [1.54, 1.807) is 22.3 Å². The first-order chi connectivity index (χ1) is 11.1. The normalized spacial score (nSPS) is 14.4. The van der Waals surface area contributed by atoms with Crippen LogP contribution in [-0.2, 0) is 19.3 Å². The quantitative estimate of drug-likeness (QED) is 0.672. The molecule has 2 aromatic rings. The van der Waals surface area contributed by atoms with Crippen molar-refractivity contribution < 1.29 is 0 Å². The maximum absolute atomic E-state index is 2.37. The molecule has 0 aromatic heterocycles. The minimum absolute atomic E-state index is 1.08. The molecule has 23 heavy (non-hydrogen) atoms. The first kappa shape index (κ1) is 14.5. The third-order valence-electron chi connectivity index (χ3n) is 5.61. The average Bonchev–Trinajstić information content (AvgIpc) is 3.15. The lowest BCUT2D eigenvalue weighted by Crippen LogP contribution is -2.06. The number of benzene rings is 2. The molecular weight excluding hydrogens is 276 g/mol. The van der Waals surface area contributed by atoms with Gasteiger partial charge in [-0.05, 0) is 103 Å². The van der Waals surface area contributed by atoms with Crippen molar-refractivity contribution in [1.82, 2.24) is 0 Å². The van der Waals surface area contributed by atoms with Crippen LogP contribution >= 0.6 is 0 Å². The molecule has 0 spiro atoms. The summed E-state index contributed by atoms with van der Waals surface area (Å²) < 4.78 is 0. The van der Waals surface area contributed by atoms with Crippen molar-refractivity contribution in [3.8, 4) is 0 Å². The van der Waals surface area contributed by atoms with Crippen LogP contribution in [0.1, 0.15) is 55.6 Å². The number of hydrogen-bond donors (Lipinski definition) is 0. The van der Waals surface area contributed by atoms with E-state index in [1.165, 1.54) is 33.4 Å². The molecule has 0 atom stereocenters. The van der Waals surface area contributed by atoms with Crippen molar-refractivity contribution in [3.05, 3.63) is 79.9 Å². The van der Waals surface area contributed by atoms with E-state index in [0.717, 1.165) is 19.3 Å². The first-order valence-electron chi connectivity index (χ1n) is 8.63. The van der Waals surface area contributed by atoms with E-state index < -0.39 is 0 Å². The van der Waals surface area contributed by atoms with E-state index in [9.17, 15) is 0 Å². The van der Waals surface area contributed by atoms with Gasteiger partial charge in [-0.15, -0.1) is 0 Å². The van der Waals surface area contributed by atoms with Gasteiger partial charge in [0.15, 0.2) is 0 Å². The second-order valence-corrected chi connectivity index (χ2v) is 7.15. The maximum atomic E-state index is 2.37. The Morgan fingerprint density at radius 3 is 1.52 bits per heavy atom. The number of fused-ring (bicyclic) bond motifs is 2. The molecule has 0 heteroatoms. The highest BCUT2D eigenvalue weighted by atomic mass is 14.2. The highest BCUT2D eigenvalue weighted by Crippen LogP contribution is 2.35. The zero-order valence-corrected chi connectivity index (χ0v) is 14.6. The Balaban J connectivity index is 1.86. The van der Waals surface area contributed by atoms with Gasteiger partial charge in [0.05, 0.1) is 0 Å². The lowest BCUT2D eigenvalue weighted by atomic mass is 9.85. The summed E-state index contributed by atoms with van der Waals surface area (Å²) >= 11 is 0. The molecule has 0 fully saturated rings. The number of hydrogen-bond acceptors (Lipinski definition) is 0. The largest absolute Gasteiger partial charge is 0.0795 e. The molecule has 0 aliphatic heterocycles. The smallest absolute Gasteiger partial charge is 0.00144 e. The van der Waals surface area contributed by atoms with Crippen LogP contribution in [0, 0.1) is 27.7 Å². The SMILES string of the molecule is Cc1cc(C)c(Cc2c(C)cc(C)c3c2CC=C3)c2c1C=CC2. The van der Waals surface area contributed by atoms with Gasteiger partial charge in [0.25, 0.3) is 0 Å². The molecule has 116 valence electrons. The summed E-state index contributed by atoms with van der Waals surface area (Å²) in [5, 5.41) is 0. The van der Waals surface area contributed by atoms with Crippen molar-refractivity contribution >= 4 is 12.2 Å². The molecule has 2 aromatic carbocycles. The molecular formula is C23H24. The van der Waals surface area contributed by atoms with Crippen LogP contribution in [0.5, 0.6) is 0 Å². The van der Waals surface area contributed by atoms with Gasteiger partial charge in [0.2, 0.25) is 0 Å². The van der Waals surface area contributed by atoms with Gasteiger partial charge >= 0.3 is 0 Å². The van der Waals surface area contributed by atoms with E-state index in [-0.39, 0.29) is 0 Å². The Kier molecular flexibility index (Phi) is 3.30. The van der Waals surface area contributed by atoms with Gasteiger partial charge in [-0.1, -0.05) is 36.4 Å². The van der Waals surface area contributed by atoms with E-state index in [2.05, 4.69) is 64.1 Å². The third kappa shape index (κ3) is 2.20. The van der Waals surface area contributed by atoms with E-state index in [1.807, 2.05) is 0 Å². The zero-order chi connectivity index (χ0) is 16.1. The lowest BCUT2D eigenvalue weighted by molar-refractivity contribution is 1.04. The standard InChI is InChI=1S/C23H24/c1-14-11-16(3)22(20-9-5-7-18(14)20)13-23-17(4)12-15(2)19-8-6-10-21(19)23/h5-8,11-12H,9-10,13H2,1-4H3. The van der Waals surface area contributed by atoms with E-state index in [0.29, 0.717) is 0 Å². The Labute approximate surface area is 139 Å². The first-order valence-corrected chi connectivity index (χ1v) is 8.63. The summed E-state index contributed by atoms with van der Waals surface area (Å²) in [7, 11) is 0. The zero-order valence-electron chi connectivity index (χ0n) is 14.6. The van der Waals surface area contributed by atoms with E-state index in [4.69, 9.17) is 0 Å². The van der Waals surface area contributed by atoms with Gasteiger partial charge in [0.1, 0.15) is 0 Å². The minimum atomic E-state index is 1.08. The van der Waals surface area contributed by atoms with Gasteiger partial charge < -0.3 is 0 Å². The lowest BCUT2D eigenvalue weighted by Gasteiger charge is -2.19.